The molecule has 0 aliphatic heterocycles. The predicted molar refractivity (Wildman–Crippen MR) is 72.8 cm³/mol. The van der Waals surface area contributed by atoms with E-state index in [1.54, 1.807) is 31.2 Å². The van der Waals surface area contributed by atoms with Crippen LogP contribution in [0.15, 0.2) is 30.3 Å². The zero-order chi connectivity index (χ0) is 14.3. The molecule has 3 atom stereocenters. The third-order valence-corrected chi connectivity index (χ3v) is 3.29. The number of aliphatic hydroxyl groups is 2. The fourth-order valence-electron chi connectivity index (χ4n) is 1.82. The summed E-state index contributed by atoms with van der Waals surface area (Å²) in [6, 6.07) is 8.73. The number of benzene rings is 1. The van der Waals surface area contributed by atoms with Gasteiger partial charge in [-0.2, -0.15) is 0 Å². The summed E-state index contributed by atoms with van der Waals surface area (Å²) in [6.07, 6.45) is -0.267. The van der Waals surface area contributed by atoms with Gasteiger partial charge in [0.2, 0.25) is 0 Å². The number of rotatable bonds is 7. The Bertz CT molecular complexity index is 377. The van der Waals surface area contributed by atoms with E-state index in [-0.39, 0.29) is 12.5 Å². The zero-order valence-corrected chi connectivity index (χ0v) is 11.5. The summed E-state index contributed by atoms with van der Waals surface area (Å²) in [5.74, 6) is -0.614. The maximum Gasteiger partial charge on any atom is 0.338 e. The molecule has 0 aromatic heterocycles. The van der Waals surface area contributed by atoms with E-state index in [0.29, 0.717) is 18.4 Å². The third kappa shape index (κ3) is 5.01. The number of carbonyl (C=O) groups excluding carboxylic acids is 1. The Morgan fingerprint density at radius 1 is 1.21 bits per heavy atom. The van der Waals surface area contributed by atoms with Gasteiger partial charge in [-0.3, -0.25) is 0 Å². The molecule has 0 saturated carbocycles. The molecule has 3 unspecified atom stereocenters. The number of aliphatic hydroxyl groups excluding tert-OH is 2. The van der Waals surface area contributed by atoms with Gasteiger partial charge in [-0.25, -0.2) is 4.79 Å². The molecule has 0 saturated heterocycles. The molecule has 0 fully saturated rings. The van der Waals surface area contributed by atoms with Gasteiger partial charge >= 0.3 is 5.97 Å². The Morgan fingerprint density at radius 2 is 1.84 bits per heavy atom. The van der Waals surface area contributed by atoms with Crippen LogP contribution in [0.5, 0.6) is 0 Å². The Balaban J connectivity index is 2.32. The lowest BCUT2D eigenvalue weighted by atomic mass is 9.94. The molecule has 106 valence electrons. The lowest BCUT2D eigenvalue weighted by Crippen LogP contribution is -2.30. The number of hydrogen-bond donors (Lipinski definition) is 2. The number of hydrogen-bond acceptors (Lipinski definition) is 4. The van der Waals surface area contributed by atoms with Crippen molar-refractivity contribution in [3.05, 3.63) is 35.9 Å². The van der Waals surface area contributed by atoms with E-state index in [2.05, 4.69) is 0 Å². The molecular formula is C15H22O4. The largest absolute Gasteiger partial charge is 0.462 e. The first-order valence-corrected chi connectivity index (χ1v) is 6.64. The highest BCUT2D eigenvalue weighted by Crippen LogP contribution is 2.14. The minimum Gasteiger partial charge on any atom is -0.462 e. The third-order valence-electron chi connectivity index (χ3n) is 3.29. The fraction of sp³-hybridized carbons (Fsp3) is 0.533. The van der Waals surface area contributed by atoms with Crippen molar-refractivity contribution in [2.45, 2.75) is 38.9 Å². The van der Waals surface area contributed by atoms with Crippen LogP contribution in [0.4, 0.5) is 0 Å². The molecular weight excluding hydrogens is 244 g/mol. The molecule has 0 aliphatic rings. The standard InChI is InChI=1S/C15H22O4/c1-3-13(16)11(2)14(17)9-10-19-15(18)12-7-5-4-6-8-12/h4-8,11,13-14,16-17H,3,9-10H2,1-2H3. The molecule has 0 amide bonds. The summed E-state index contributed by atoms with van der Waals surface area (Å²) in [5.41, 5.74) is 0.499. The summed E-state index contributed by atoms with van der Waals surface area (Å²) in [6.45, 7) is 3.80. The molecule has 1 rings (SSSR count). The monoisotopic (exact) mass is 266 g/mol. The van der Waals surface area contributed by atoms with Crippen LogP contribution in [0.2, 0.25) is 0 Å². The van der Waals surface area contributed by atoms with E-state index in [0.717, 1.165) is 0 Å². The van der Waals surface area contributed by atoms with Crippen molar-refractivity contribution in [2.24, 2.45) is 5.92 Å². The second-order valence-electron chi connectivity index (χ2n) is 4.69. The van der Waals surface area contributed by atoms with Crippen molar-refractivity contribution in [3.63, 3.8) is 0 Å². The van der Waals surface area contributed by atoms with Gasteiger partial charge in [0.15, 0.2) is 0 Å². The van der Waals surface area contributed by atoms with E-state index < -0.39 is 18.2 Å². The zero-order valence-electron chi connectivity index (χ0n) is 11.5. The van der Waals surface area contributed by atoms with Crippen LogP contribution >= 0.6 is 0 Å². The van der Waals surface area contributed by atoms with Crippen molar-refractivity contribution >= 4 is 5.97 Å². The Labute approximate surface area is 114 Å². The smallest absolute Gasteiger partial charge is 0.338 e. The van der Waals surface area contributed by atoms with Crippen LogP contribution in [-0.2, 0) is 4.74 Å². The van der Waals surface area contributed by atoms with Gasteiger partial charge in [0.25, 0.3) is 0 Å². The van der Waals surface area contributed by atoms with Gasteiger partial charge in [0.1, 0.15) is 0 Å². The first-order valence-electron chi connectivity index (χ1n) is 6.64. The second kappa shape index (κ2) is 7.92. The fourth-order valence-corrected chi connectivity index (χ4v) is 1.82. The topological polar surface area (TPSA) is 66.8 Å². The molecule has 4 heteroatoms. The normalized spacial score (nSPS) is 15.6. The molecule has 1 aromatic carbocycles. The number of carbonyl (C=O) groups is 1. The molecule has 1 aromatic rings. The van der Waals surface area contributed by atoms with E-state index in [1.807, 2.05) is 13.0 Å². The van der Waals surface area contributed by atoms with Gasteiger partial charge in [0.05, 0.1) is 24.4 Å². The summed E-state index contributed by atoms with van der Waals surface area (Å²) in [5, 5.41) is 19.5. The molecule has 0 spiro atoms. The highest BCUT2D eigenvalue weighted by atomic mass is 16.5. The average molecular weight is 266 g/mol. The van der Waals surface area contributed by atoms with Crippen LogP contribution in [-0.4, -0.2) is 35.0 Å². The summed E-state index contributed by atoms with van der Waals surface area (Å²) in [7, 11) is 0. The van der Waals surface area contributed by atoms with Crippen molar-refractivity contribution in [3.8, 4) is 0 Å². The molecule has 4 nitrogen and oxygen atoms in total. The maximum absolute atomic E-state index is 11.6. The highest BCUT2D eigenvalue weighted by Gasteiger charge is 2.21. The second-order valence-corrected chi connectivity index (χ2v) is 4.69. The van der Waals surface area contributed by atoms with Crippen LogP contribution in [0.3, 0.4) is 0 Å². The minimum absolute atomic E-state index is 0.148. The molecule has 2 N–H and O–H groups in total. The summed E-state index contributed by atoms with van der Waals surface area (Å²) in [4.78, 5) is 11.6. The van der Waals surface area contributed by atoms with E-state index in [9.17, 15) is 15.0 Å². The van der Waals surface area contributed by atoms with Gasteiger partial charge < -0.3 is 14.9 Å². The van der Waals surface area contributed by atoms with Crippen LogP contribution in [0, 0.1) is 5.92 Å². The molecule has 0 radical (unpaired) electrons. The number of ether oxygens (including phenoxy) is 1. The van der Waals surface area contributed by atoms with E-state index in [4.69, 9.17) is 4.74 Å². The lowest BCUT2D eigenvalue weighted by Gasteiger charge is -2.22. The van der Waals surface area contributed by atoms with Crippen LogP contribution in [0.1, 0.15) is 37.0 Å². The Morgan fingerprint density at radius 3 is 2.42 bits per heavy atom. The summed E-state index contributed by atoms with van der Waals surface area (Å²) >= 11 is 0. The van der Waals surface area contributed by atoms with Crippen molar-refractivity contribution in [2.75, 3.05) is 6.61 Å². The highest BCUT2D eigenvalue weighted by molar-refractivity contribution is 5.89. The van der Waals surface area contributed by atoms with Gasteiger partial charge in [-0.15, -0.1) is 0 Å². The molecule has 0 heterocycles. The molecule has 0 aliphatic carbocycles. The molecule has 19 heavy (non-hydrogen) atoms. The van der Waals surface area contributed by atoms with Gasteiger partial charge in [0, 0.05) is 12.3 Å². The lowest BCUT2D eigenvalue weighted by molar-refractivity contribution is 0.00190. The van der Waals surface area contributed by atoms with Crippen LogP contribution < -0.4 is 0 Å². The summed E-state index contributed by atoms with van der Waals surface area (Å²) < 4.78 is 5.08. The average Bonchev–Trinajstić information content (AvgIpc) is 2.46. The first-order chi connectivity index (χ1) is 9.06. The van der Waals surface area contributed by atoms with Crippen molar-refractivity contribution in [1.82, 2.24) is 0 Å². The quantitative estimate of drug-likeness (QED) is 0.741. The van der Waals surface area contributed by atoms with E-state index in [1.165, 1.54) is 0 Å². The SMILES string of the molecule is CCC(O)C(C)C(O)CCOC(=O)c1ccccc1. The Hall–Kier alpha value is -1.39. The van der Waals surface area contributed by atoms with Crippen molar-refractivity contribution < 1.29 is 19.7 Å². The van der Waals surface area contributed by atoms with Gasteiger partial charge in [-0.1, -0.05) is 32.0 Å². The molecule has 0 bridgehead atoms. The van der Waals surface area contributed by atoms with Crippen molar-refractivity contribution in [1.29, 1.82) is 0 Å². The predicted octanol–water partition coefficient (Wildman–Crippen LogP) is 2.00. The van der Waals surface area contributed by atoms with Crippen LogP contribution in [0.25, 0.3) is 0 Å². The van der Waals surface area contributed by atoms with Gasteiger partial charge in [-0.05, 0) is 18.6 Å². The maximum atomic E-state index is 11.6. The first kappa shape index (κ1) is 15.7. The Kier molecular flexibility index (Phi) is 6.53. The number of esters is 1. The van der Waals surface area contributed by atoms with E-state index >= 15 is 0 Å². The minimum atomic E-state index is -0.668.